The Labute approximate surface area is 285 Å². The molecule has 2 nitrogen and oxygen atoms in total. The molecule has 3 aromatic heterocycles. The summed E-state index contributed by atoms with van der Waals surface area (Å²) in [7, 11) is 0. The van der Waals surface area contributed by atoms with Crippen LogP contribution in [0, 0.1) is 0 Å². The molecule has 228 valence electrons. The summed E-state index contributed by atoms with van der Waals surface area (Å²) < 4.78 is 16.3. The van der Waals surface area contributed by atoms with Crippen LogP contribution >= 0.6 is 11.3 Å². The van der Waals surface area contributed by atoms with E-state index in [1.165, 1.54) is 42.1 Å². The molecule has 0 unspecified atom stereocenters. The minimum absolute atomic E-state index is 0.773. The third kappa shape index (κ3) is 3.82. The van der Waals surface area contributed by atoms with Crippen LogP contribution in [0.3, 0.4) is 0 Å². The minimum Gasteiger partial charge on any atom is -0.452 e. The highest BCUT2D eigenvalue weighted by Gasteiger charge is 2.26. The fourth-order valence-corrected chi connectivity index (χ4v) is 9.12. The van der Waals surface area contributed by atoms with E-state index in [-0.39, 0.29) is 0 Å². The van der Waals surface area contributed by atoms with E-state index in [1.807, 2.05) is 23.5 Å². The lowest BCUT2D eigenvalue weighted by molar-refractivity contribution is 0.613. The van der Waals surface area contributed by atoms with Crippen molar-refractivity contribution in [2.75, 3.05) is 0 Å². The monoisotopic (exact) mass is 642 g/mol. The molecule has 0 aliphatic carbocycles. The quantitative estimate of drug-likeness (QED) is 0.179. The van der Waals surface area contributed by atoms with Crippen LogP contribution in [0.25, 0.3) is 108 Å². The van der Waals surface area contributed by atoms with E-state index >= 15 is 0 Å². The topological polar surface area (TPSA) is 26.3 Å². The maximum absolute atomic E-state index is 7.14. The molecule has 0 amide bonds. The van der Waals surface area contributed by atoms with E-state index in [0.29, 0.717) is 0 Å². The Kier molecular flexibility index (Phi) is 5.57. The first kappa shape index (κ1) is 26.9. The first-order chi connectivity index (χ1) is 24.3. The van der Waals surface area contributed by atoms with Gasteiger partial charge in [0.25, 0.3) is 0 Å². The molecule has 11 rings (SSSR count). The van der Waals surface area contributed by atoms with Gasteiger partial charge in [-0.05, 0) is 68.6 Å². The molecular formula is C46H26O2S. The van der Waals surface area contributed by atoms with E-state index in [2.05, 4.69) is 146 Å². The smallest absolute Gasteiger partial charge is 0.178 e. The Balaban J connectivity index is 1.27. The molecule has 0 radical (unpaired) electrons. The van der Waals surface area contributed by atoms with Crippen LogP contribution in [-0.4, -0.2) is 0 Å². The lowest BCUT2D eigenvalue weighted by Gasteiger charge is -2.17. The number of furan rings is 2. The lowest BCUT2D eigenvalue weighted by Crippen LogP contribution is -1.91. The standard InChI is InChI=1S/C46H26O2S/c1-2-12-27(13-3-1)42-37-25-24-36-29-14-8-10-20-38(29)47-44(36)45(37)48-46(42)43-34-18-6-4-16-32(34)41(33-17-5-7-19-35(33)43)28-22-23-31-30-15-9-11-21-39(30)49-40(31)26-28/h1-26H. The zero-order valence-corrected chi connectivity index (χ0v) is 27.1. The second-order valence-electron chi connectivity index (χ2n) is 12.7. The summed E-state index contributed by atoms with van der Waals surface area (Å²) in [5.74, 6) is 0.855. The normalized spacial score (nSPS) is 12.1. The summed E-state index contributed by atoms with van der Waals surface area (Å²) in [5.41, 5.74) is 8.16. The van der Waals surface area contributed by atoms with Crippen LogP contribution < -0.4 is 0 Å². The fourth-order valence-electron chi connectivity index (χ4n) is 7.97. The highest BCUT2D eigenvalue weighted by molar-refractivity contribution is 7.25. The summed E-state index contributed by atoms with van der Waals surface area (Å²) in [6.07, 6.45) is 0. The maximum Gasteiger partial charge on any atom is 0.178 e. The highest BCUT2D eigenvalue weighted by atomic mass is 32.1. The Morgan fingerprint density at radius 2 is 0.878 bits per heavy atom. The molecule has 0 saturated carbocycles. The summed E-state index contributed by atoms with van der Waals surface area (Å²) in [5, 5.41) is 10.5. The van der Waals surface area contributed by atoms with E-state index in [9.17, 15) is 0 Å². The third-order valence-corrected chi connectivity index (χ3v) is 11.2. The number of para-hydroxylation sites is 1. The number of fused-ring (bicyclic) bond motifs is 10. The molecule has 3 heterocycles. The summed E-state index contributed by atoms with van der Waals surface area (Å²) in [4.78, 5) is 0. The van der Waals surface area contributed by atoms with Crippen LogP contribution in [0.2, 0.25) is 0 Å². The van der Waals surface area contributed by atoms with Gasteiger partial charge in [0.2, 0.25) is 0 Å². The summed E-state index contributed by atoms with van der Waals surface area (Å²) in [6, 6.07) is 56.5. The van der Waals surface area contributed by atoms with Crippen molar-refractivity contribution in [2.45, 2.75) is 0 Å². The van der Waals surface area contributed by atoms with Crippen molar-refractivity contribution in [1.82, 2.24) is 0 Å². The van der Waals surface area contributed by atoms with Gasteiger partial charge in [-0.15, -0.1) is 11.3 Å². The molecule has 8 aromatic carbocycles. The third-order valence-electron chi connectivity index (χ3n) is 10.1. The van der Waals surface area contributed by atoms with Crippen LogP contribution in [0.5, 0.6) is 0 Å². The van der Waals surface area contributed by atoms with Crippen LogP contribution in [-0.2, 0) is 0 Å². The van der Waals surface area contributed by atoms with E-state index in [0.717, 1.165) is 66.1 Å². The molecule has 0 aliphatic heterocycles. The Morgan fingerprint density at radius 3 is 1.63 bits per heavy atom. The zero-order valence-electron chi connectivity index (χ0n) is 26.2. The maximum atomic E-state index is 7.14. The van der Waals surface area contributed by atoms with Gasteiger partial charge in [-0.1, -0.05) is 127 Å². The van der Waals surface area contributed by atoms with Gasteiger partial charge in [0.05, 0.1) is 0 Å². The Morgan fingerprint density at radius 1 is 0.327 bits per heavy atom. The van der Waals surface area contributed by atoms with Crippen molar-refractivity contribution in [1.29, 1.82) is 0 Å². The van der Waals surface area contributed by atoms with Gasteiger partial charge in [-0.25, -0.2) is 0 Å². The number of hydrogen-bond donors (Lipinski definition) is 0. The fraction of sp³-hybridized carbons (Fsp3) is 0. The van der Waals surface area contributed by atoms with Crippen LogP contribution in [0.1, 0.15) is 0 Å². The number of benzene rings is 8. The average Bonchev–Trinajstić information content (AvgIpc) is 3.85. The highest BCUT2D eigenvalue weighted by Crippen LogP contribution is 2.51. The number of thiophene rings is 1. The molecule has 0 N–H and O–H groups in total. The number of rotatable bonds is 3. The minimum atomic E-state index is 0.773. The predicted molar refractivity (Wildman–Crippen MR) is 208 cm³/mol. The van der Waals surface area contributed by atoms with Crippen molar-refractivity contribution < 1.29 is 8.83 Å². The molecule has 49 heavy (non-hydrogen) atoms. The predicted octanol–water partition coefficient (Wildman–Crippen LogP) is 14.0. The zero-order chi connectivity index (χ0) is 32.1. The lowest BCUT2D eigenvalue weighted by atomic mass is 9.86. The molecule has 0 saturated heterocycles. The van der Waals surface area contributed by atoms with Gasteiger partial charge >= 0.3 is 0 Å². The van der Waals surface area contributed by atoms with Crippen molar-refractivity contribution in [3.63, 3.8) is 0 Å². The first-order valence-corrected chi connectivity index (χ1v) is 17.4. The number of hydrogen-bond acceptors (Lipinski definition) is 3. The van der Waals surface area contributed by atoms with E-state index < -0.39 is 0 Å². The van der Waals surface area contributed by atoms with Crippen molar-refractivity contribution in [3.8, 4) is 33.6 Å². The molecule has 0 atom stereocenters. The SMILES string of the molecule is c1ccc(-c2c(-c3c4ccccc4c(-c4ccc5c(c4)sc4ccccc45)c4ccccc34)oc3c2ccc2c4ccccc4oc23)cc1. The van der Waals surface area contributed by atoms with Gasteiger partial charge in [0, 0.05) is 47.5 Å². The molecule has 0 bridgehead atoms. The van der Waals surface area contributed by atoms with Gasteiger partial charge in [0.15, 0.2) is 11.2 Å². The van der Waals surface area contributed by atoms with Gasteiger partial charge < -0.3 is 8.83 Å². The van der Waals surface area contributed by atoms with Crippen molar-refractivity contribution in [2.24, 2.45) is 0 Å². The van der Waals surface area contributed by atoms with Gasteiger partial charge in [-0.3, -0.25) is 0 Å². The molecule has 0 spiro atoms. The van der Waals surface area contributed by atoms with E-state index in [4.69, 9.17) is 8.83 Å². The van der Waals surface area contributed by atoms with Crippen molar-refractivity contribution in [3.05, 3.63) is 158 Å². The molecular weight excluding hydrogens is 617 g/mol. The van der Waals surface area contributed by atoms with Crippen LogP contribution in [0.4, 0.5) is 0 Å². The average molecular weight is 643 g/mol. The molecule has 3 heteroatoms. The second kappa shape index (κ2) is 10.2. The molecule has 0 fully saturated rings. The van der Waals surface area contributed by atoms with Gasteiger partial charge in [0.1, 0.15) is 11.3 Å². The Bertz CT molecular complexity index is 3050. The first-order valence-electron chi connectivity index (χ1n) is 16.6. The van der Waals surface area contributed by atoms with Crippen LogP contribution in [0.15, 0.2) is 167 Å². The summed E-state index contributed by atoms with van der Waals surface area (Å²) >= 11 is 1.86. The van der Waals surface area contributed by atoms with Crippen molar-refractivity contribution >= 4 is 86.0 Å². The Hall–Kier alpha value is -6.16. The van der Waals surface area contributed by atoms with Gasteiger partial charge in [-0.2, -0.15) is 0 Å². The molecule has 11 aromatic rings. The second-order valence-corrected chi connectivity index (χ2v) is 13.8. The van der Waals surface area contributed by atoms with E-state index in [1.54, 1.807) is 0 Å². The molecule has 0 aliphatic rings. The summed E-state index contributed by atoms with van der Waals surface area (Å²) in [6.45, 7) is 0. The largest absolute Gasteiger partial charge is 0.452 e.